The molecule has 5 rings (SSSR count). The van der Waals surface area contributed by atoms with Gasteiger partial charge in [-0.15, -0.1) is 0 Å². The number of hydrogen-bond donors (Lipinski definition) is 2. The van der Waals surface area contributed by atoms with E-state index in [4.69, 9.17) is 9.47 Å². The maximum absolute atomic E-state index is 13.4. The van der Waals surface area contributed by atoms with Crippen LogP contribution in [0.5, 0.6) is 11.5 Å². The van der Waals surface area contributed by atoms with Crippen LogP contribution in [0.1, 0.15) is 42.6 Å². The van der Waals surface area contributed by atoms with Gasteiger partial charge in [-0.1, -0.05) is 50.2 Å². The van der Waals surface area contributed by atoms with Crippen LogP contribution in [0.3, 0.4) is 0 Å². The van der Waals surface area contributed by atoms with Gasteiger partial charge in [-0.25, -0.2) is 9.97 Å². The zero-order valence-corrected chi connectivity index (χ0v) is 26.9. The highest BCUT2D eigenvalue weighted by atomic mass is 16.5. The summed E-state index contributed by atoms with van der Waals surface area (Å²) in [5, 5.41) is 12.1. The molecular formula is C37H40N4O6. The molecule has 1 fully saturated rings. The number of nitrogens with zero attached hydrogens (tertiary/aromatic N) is 3. The molecule has 0 saturated carbocycles. The van der Waals surface area contributed by atoms with Crippen molar-refractivity contribution in [2.45, 2.75) is 39.2 Å². The maximum Gasteiger partial charge on any atom is 0.310 e. The zero-order chi connectivity index (χ0) is 33.3. The van der Waals surface area contributed by atoms with E-state index in [1.54, 1.807) is 43.8 Å². The smallest absolute Gasteiger partial charge is 0.310 e. The summed E-state index contributed by atoms with van der Waals surface area (Å²) in [6.45, 7) is 5.36. The van der Waals surface area contributed by atoms with Gasteiger partial charge in [-0.05, 0) is 66.3 Å². The molecule has 0 unspecified atom stereocenters. The summed E-state index contributed by atoms with van der Waals surface area (Å²) in [7, 11) is 1.54. The predicted octanol–water partition coefficient (Wildman–Crippen LogP) is 5.52. The van der Waals surface area contributed by atoms with Crippen LogP contribution in [0.25, 0.3) is 22.5 Å². The van der Waals surface area contributed by atoms with Gasteiger partial charge in [0.1, 0.15) is 17.5 Å². The van der Waals surface area contributed by atoms with Crippen molar-refractivity contribution < 1.29 is 29.0 Å². The normalized spacial score (nSPS) is 13.5. The molecule has 10 heteroatoms. The van der Waals surface area contributed by atoms with Crippen molar-refractivity contribution in [1.82, 2.24) is 20.2 Å². The molecule has 1 aliphatic heterocycles. The van der Waals surface area contributed by atoms with Crippen molar-refractivity contribution in [3.05, 3.63) is 96.3 Å². The molecule has 10 nitrogen and oxygen atoms in total. The number of carbonyl (C=O) groups is 3. The molecular weight excluding hydrogens is 596 g/mol. The summed E-state index contributed by atoms with van der Waals surface area (Å²) >= 11 is 0. The number of amides is 2. The fraction of sp³-hybridized carbons (Fsp3) is 0.324. The lowest BCUT2D eigenvalue weighted by Gasteiger charge is -2.39. The standard InChI is InChI=1S/C37H40N4O6/c1-24(2)5-4-18-47-32-16-10-26(11-17-32)29-20-38-34(39-21-29)27-8-6-25(7-9-27)19-33(36(43)41-22-30(23-41)37(44)45)40-35(42)28-12-14-31(46-3)15-13-28/h6-17,20-21,24,30,33H,4-5,18-19,22-23H2,1-3H3,(H,40,42)(H,44,45)/t33-/m0/s1. The first-order valence-electron chi connectivity index (χ1n) is 15.8. The Balaban J connectivity index is 1.23. The summed E-state index contributed by atoms with van der Waals surface area (Å²) < 4.78 is 11.0. The van der Waals surface area contributed by atoms with E-state index in [1.807, 2.05) is 48.5 Å². The molecule has 0 spiro atoms. The number of methoxy groups -OCH3 is 1. The van der Waals surface area contributed by atoms with E-state index in [0.29, 0.717) is 29.7 Å². The van der Waals surface area contributed by atoms with Crippen LogP contribution in [-0.2, 0) is 16.0 Å². The van der Waals surface area contributed by atoms with Crippen molar-refractivity contribution >= 4 is 17.8 Å². The van der Waals surface area contributed by atoms with E-state index >= 15 is 0 Å². The molecule has 4 aromatic rings. The van der Waals surface area contributed by atoms with Crippen LogP contribution in [0.4, 0.5) is 0 Å². The Hall–Kier alpha value is -5.25. The van der Waals surface area contributed by atoms with E-state index in [2.05, 4.69) is 29.1 Å². The van der Waals surface area contributed by atoms with Crippen molar-refractivity contribution in [3.63, 3.8) is 0 Å². The monoisotopic (exact) mass is 636 g/mol. The van der Waals surface area contributed by atoms with Gasteiger partial charge in [0.05, 0.1) is 19.6 Å². The van der Waals surface area contributed by atoms with Gasteiger partial charge in [0.25, 0.3) is 5.91 Å². The SMILES string of the molecule is COc1ccc(C(=O)N[C@@H](Cc2ccc(-c3ncc(-c4ccc(OCCCC(C)C)cc4)cn3)cc2)C(=O)N2CC(C(=O)O)C2)cc1. The van der Waals surface area contributed by atoms with Crippen LogP contribution in [0.15, 0.2) is 85.2 Å². The molecule has 1 saturated heterocycles. The molecule has 2 N–H and O–H groups in total. The number of aliphatic carboxylic acids is 1. The Bertz CT molecular complexity index is 1650. The molecule has 1 aliphatic rings. The van der Waals surface area contributed by atoms with Crippen molar-refractivity contribution in [1.29, 1.82) is 0 Å². The Morgan fingerprint density at radius 1 is 0.872 bits per heavy atom. The summed E-state index contributed by atoms with van der Waals surface area (Å²) in [6, 6.07) is 21.2. The summed E-state index contributed by atoms with van der Waals surface area (Å²) in [6.07, 6.45) is 5.98. The Morgan fingerprint density at radius 3 is 2.09 bits per heavy atom. The molecule has 0 radical (unpaired) electrons. The van der Waals surface area contributed by atoms with Gasteiger partial charge >= 0.3 is 5.97 Å². The van der Waals surface area contributed by atoms with Gasteiger partial charge in [0.2, 0.25) is 5.91 Å². The van der Waals surface area contributed by atoms with Gasteiger partial charge in [-0.2, -0.15) is 0 Å². The molecule has 2 amide bonds. The Morgan fingerprint density at radius 2 is 1.49 bits per heavy atom. The van der Waals surface area contributed by atoms with E-state index in [0.717, 1.165) is 40.8 Å². The number of carbonyl (C=O) groups excluding carboxylic acids is 2. The number of aromatic nitrogens is 2. The fourth-order valence-corrected chi connectivity index (χ4v) is 5.30. The average molecular weight is 637 g/mol. The van der Waals surface area contributed by atoms with Crippen molar-refractivity contribution in [3.8, 4) is 34.0 Å². The average Bonchev–Trinajstić information content (AvgIpc) is 3.06. The first-order chi connectivity index (χ1) is 22.7. The van der Waals surface area contributed by atoms with Gasteiger partial charge in [0.15, 0.2) is 5.82 Å². The number of benzene rings is 3. The third-order valence-electron chi connectivity index (χ3n) is 8.18. The predicted molar refractivity (Wildman–Crippen MR) is 178 cm³/mol. The lowest BCUT2D eigenvalue weighted by atomic mass is 9.96. The molecule has 47 heavy (non-hydrogen) atoms. The summed E-state index contributed by atoms with van der Waals surface area (Å²) in [5.74, 6) is 0.421. The lowest BCUT2D eigenvalue weighted by Crippen LogP contribution is -2.59. The molecule has 3 aromatic carbocycles. The highest BCUT2D eigenvalue weighted by Gasteiger charge is 2.38. The molecule has 0 aliphatic carbocycles. The quantitative estimate of drug-likeness (QED) is 0.173. The number of likely N-dealkylation sites (tertiary alicyclic amines) is 1. The first-order valence-corrected chi connectivity index (χ1v) is 15.8. The lowest BCUT2D eigenvalue weighted by molar-refractivity contribution is -0.153. The molecule has 2 heterocycles. The van der Waals surface area contributed by atoms with Gasteiger partial charge in [0, 0.05) is 48.6 Å². The highest BCUT2D eigenvalue weighted by molar-refractivity contribution is 5.98. The topological polar surface area (TPSA) is 131 Å². The summed E-state index contributed by atoms with van der Waals surface area (Å²) in [5.41, 5.74) is 3.89. The maximum atomic E-state index is 13.4. The molecule has 0 bridgehead atoms. The van der Waals surface area contributed by atoms with Crippen LogP contribution >= 0.6 is 0 Å². The van der Waals surface area contributed by atoms with E-state index < -0.39 is 23.8 Å². The third-order valence-corrected chi connectivity index (χ3v) is 8.18. The zero-order valence-electron chi connectivity index (χ0n) is 26.9. The number of carboxylic acid groups (broad SMARTS) is 1. The number of carboxylic acids is 1. The minimum absolute atomic E-state index is 0.117. The third kappa shape index (κ3) is 8.72. The number of rotatable bonds is 14. The highest BCUT2D eigenvalue weighted by Crippen LogP contribution is 2.24. The van der Waals surface area contributed by atoms with Gasteiger partial charge < -0.3 is 24.8 Å². The second-order valence-electron chi connectivity index (χ2n) is 12.1. The van der Waals surface area contributed by atoms with Crippen molar-refractivity contribution in [2.24, 2.45) is 11.8 Å². The first kappa shape index (κ1) is 33.1. The van der Waals surface area contributed by atoms with Crippen molar-refractivity contribution in [2.75, 3.05) is 26.8 Å². The van der Waals surface area contributed by atoms with Gasteiger partial charge in [-0.3, -0.25) is 14.4 Å². The molecule has 1 atom stereocenters. The van der Waals surface area contributed by atoms with E-state index in [1.165, 1.54) is 4.90 Å². The van der Waals surface area contributed by atoms with E-state index in [-0.39, 0.29) is 25.4 Å². The minimum atomic E-state index is -0.936. The number of nitrogens with one attached hydrogen (secondary N) is 1. The summed E-state index contributed by atoms with van der Waals surface area (Å²) in [4.78, 5) is 48.4. The molecule has 244 valence electrons. The Labute approximate surface area is 274 Å². The van der Waals surface area contributed by atoms with Crippen LogP contribution in [0.2, 0.25) is 0 Å². The number of hydrogen-bond acceptors (Lipinski definition) is 7. The fourth-order valence-electron chi connectivity index (χ4n) is 5.30. The Kier molecular flexibility index (Phi) is 10.8. The largest absolute Gasteiger partial charge is 0.497 e. The molecule has 1 aromatic heterocycles. The van der Waals surface area contributed by atoms with Crippen LogP contribution in [-0.4, -0.2) is 70.6 Å². The second-order valence-corrected chi connectivity index (χ2v) is 12.1. The number of ether oxygens (including phenoxy) is 2. The van der Waals surface area contributed by atoms with Crippen LogP contribution in [0, 0.1) is 11.8 Å². The second kappa shape index (κ2) is 15.4. The minimum Gasteiger partial charge on any atom is -0.497 e. The van der Waals surface area contributed by atoms with Crippen LogP contribution < -0.4 is 14.8 Å². The van der Waals surface area contributed by atoms with E-state index in [9.17, 15) is 19.5 Å².